The van der Waals surface area contributed by atoms with E-state index in [0.29, 0.717) is 12.0 Å². The van der Waals surface area contributed by atoms with E-state index in [1.165, 1.54) is 0 Å². The van der Waals surface area contributed by atoms with E-state index in [9.17, 15) is 0 Å². The van der Waals surface area contributed by atoms with Crippen molar-refractivity contribution in [3.63, 3.8) is 0 Å². The first-order valence-electron chi connectivity index (χ1n) is 5.90. The van der Waals surface area contributed by atoms with Gasteiger partial charge < -0.3 is 15.6 Å². The predicted octanol–water partition coefficient (Wildman–Crippen LogP) is 1.93. The Hall–Kier alpha value is -0.120. The Kier molecular flexibility index (Phi) is 7.14. The maximum atomic E-state index is 8.96. The fraction of sp³-hybridized carbons (Fsp3) is 1.00. The predicted molar refractivity (Wildman–Crippen MR) is 63.8 cm³/mol. The van der Waals surface area contributed by atoms with Gasteiger partial charge >= 0.3 is 0 Å². The van der Waals surface area contributed by atoms with Crippen molar-refractivity contribution in [1.29, 1.82) is 0 Å². The second kappa shape index (κ2) is 7.20. The van der Waals surface area contributed by atoms with Gasteiger partial charge in [0.2, 0.25) is 0 Å². The van der Waals surface area contributed by atoms with Gasteiger partial charge in [0.25, 0.3) is 0 Å². The van der Waals surface area contributed by atoms with Crippen molar-refractivity contribution in [3.05, 3.63) is 0 Å². The van der Waals surface area contributed by atoms with Crippen LogP contribution in [0.4, 0.5) is 0 Å². The molecule has 0 aromatic rings. The lowest BCUT2D eigenvalue weighted by Gasteiger charge is -2.21. The van der Waals surface area contributed by atoms with Gasteiger partial charge in [-0.05, 0) is 39.0 Å². The summed E-state index contributed by atoms with van der Waals surface area (Å²) in [5.74, 6) is 0.571. The zero-order chi connectivity index (χ0) is 11.9. The maximum Gasteiger partial charge on any atom is 0.0608 e. The van der Waals surface area contributed by atoms with Gasteiger partial charge in [0.1, 0.15) is 0 Å². The number of hydrogen-bond donors (Lipinski definition) is 2. The topological polar surface area (TPSA) is 55.5 Å². The molecular formula is C12H27NO2. The lowest BCUT2D eigenvalue weighted by molar-refractivity contribution is 0.0323. The largest absolute Gasteiger partial charge is 0.394 e. The minimum Gasteiger partial charge on any atom is -0.394 e. The Morgan fingerprint density at radius 2 is 1.87 bits per heavy atom. The molecule has 2 unspecified atom stereocenters. The zero-order valence-corrected chi connectivity index (χ0v) is 10.6. The van der Waals surface area contributed by atoms with E-state index < -0.39 is 5.54 Å². The molecule has 0 aliphatic heterocycles. The zero-order valence-electron chi connectivity index (χ0n) is 10.6. The summed E-state index contributed by atoms with van der Waals surface area (Å²) < 4.78 is 5.65. The monoisotopic (exact) mass is 217 g/mol. The number of rotatable bonds is 8. The van der Waals surface area contributed by atoms with E-state index in [4.69, 9.17) is 15.6 Å². The van der Waals surface area contributed by atoms with Crippen LogP contribution in [0.5, 0.6) is 0 Å². The van der Waals surface area contributed by atoms with Crippen LogP contribution < -0.4 is 5.73 Å². The molecule has 92 valence electrons. The third kappa shape index (κ3) is 7.77. The van der Waals surface area contributed by atoms with E-state index in [-0.39, 0.29) is 6.61 Å². The molecule has 0 amide bonds. The summed E-state index contributed by atoms with van der Waals surface area (Å²) >= 11 is 0. The molecule has 2 atom stereocenters. The highest BCUT2D eigenvalue weighted by Crippen LogP contribution is 2.11. The fourth-order valence-corrected chi connectivity index (χ4v) is 1.17. The molecule has 3 nitrogen and oxygen atoms in total. The van der Waals surface area contributed by atoms with Gasteiger partial charge in [0.15, 0.2) is 0 Å². The first-order valence-corrected chi connectivity index (χ1v) is 5.90. The van der Waals surface area contributed by atoms with Crippen LogP contribution >= 0.6 is 0 Å². The van der Waals surface area contributed by atoms with Crippen LogP contribution in [0.3, 0.4) is 0 Å². The van der Waals surface area contributed by atoms with Crippen molar-refractivity contribution in [3.8, 4) is 0 Å². The van der Waals surface area contributed by atoms with Crippen LogP contribution in [0.2, 0.25) is 0 Å². The van der Waals surface area contributed by atoms with Crippen LogP contribution in [0.25, 0.3) is 0 Å². The van der Waals surface area contributed by atoms with Gasteiger partial charge in [-0.25, -0.2) is 0 Å². The van der Waals surface area contributed by atoms with Crippen molar-refractivity contribution in [1.82, 2.24) is 0 Å². The van der Waals surface area contributed by atoms with Gasteiger partial charge in [-0.15, -0.1) is 0 Å². The standard InChI is InChI=1S/C12H27NO2/c1-10(2)11(3)15-8-6-5-7-12(4,13)9-14/h10-11,14H,5-9,13H2,1-4H3. The maximum absolute atomic E-state index is 8.96. The smallest absolute Gasteiger partial charge is 0.0608 e. The van der Waals surface area contributed by atoms with Crippen LogP contribution in [-0.4, -0.2) is 30.0 Å². The summed E-state index contributed by atoms with van der Waals surface area (Å²) in [4.78, 5) is 0. The van der Waals surface area contributed by atoms with Gasteiger partial charge in [0, 0.05) is 12.1 Å². The quantitative estimate of drug-likeness (QED) is 0.611. The molecule has 0 aromatic heterocycles. The molecule has 3 heteroatoms. The Morgan fingerprint density at radius 1 is 1.27 bits per heavy atom. The van der Waals surface area contributed by atoms with E-state index >= 15 is 0 Å². The number of nitrogens with two attached hydrogens (primary N) is 1. The molecule has 0 rings (SSSR count). The fourth-order valence-electron chi connectivity index (χ4n) is 1.17. The third-order valence-electron chi connectivity index (χ3n) is 2.82. The summed E-state index contributed by atoms with van der Waals surface area (Å²) in [5.41, 5.74) is 5.39. The molecule has 0 aromatic carbocycles. The van der Waals surface area contributed by atoms with Crippen molar-refractivity contribution in [2.24, 2.45) is 11.7 Å². The molecule has 3 N–H and O–H groups in total. The lowest BCUT2D eigenvalue weighted by Crippen LogP contribution is -2.40. The van der Waals surface area contributed by atoms with Gasteiger partial charge in [-0.1, -0.05) is 13.8 Å². The van der Waals surface area contributed by atoms with Gasteiger partial charge in [-0.2, -0.15) is 0 Å². The molecule has 0 saturated carbocycles. The highest BCUT2D eigenvalue weighted by atomic mass is 16.5. The molecule has 0 aliphatic carbocycles. The average molecular weight is 217 g/mol. The van der Waals surface area contributed by atoms with Gasteiger partial charge in [0.05, 0.1) is 12.7 Å². The van der Waals surface area contributed by atoms with Crippen molar-refractivity contribution >= 4 is 0 Å². The van der Waals surface area contributed by atoms with Crippen LogP contribution in [0.15, 0.2) is 0 Å². The molecule has 0 aliphatic rings. The molecule has 0 saturated heterocycles. The van der Waals surface area contributed by atoms with Crippen LogP contribution in [0, 0.1) is 5.92 Å². The summed E-state index contributed by atoms with van der Waals surface area (Å²) in [6, 6.07) is 0. The Labute approximate surface area is 94.0 Å². The Bertz CT molecular complexity index is 158. The summed E-state index contributed by atoms with van der Waals surface area (Å²) in [6.07, 6.45) is 3.21. The Balaban J connectivity index is 3.40. The number of ether oxygens (including phenoxy) is 1. The molecule has 0 heterocycles. The van der Waals surface area contributed by atoms with Crippen molar-refractivity contribution in [2.45, 2.75) is 58.6 Å². The summed E-state index contributed by atoms with van der Waals surface area (Å²) in [5, 5.41) is 8.96. The minimum atomic E-state index is -0.427. The van der Waals surface area contributed by atoms with Crippen LogP contribution in [-0.2, 0) is 4.74 Å². The van der Waals surface area contributed by atoms with E-state index in [1.54, 1.807) is 0 Å². The summed E-state index contributed by atoms with van der Waals surface area (Å²) in [7, 11) is 0. The molecule has 0 radical (unpaired) electrons. The minimum absolute atomic E-state index is 0.0518. The second-order valence-electron chi connectivity index (χ2n) is 5.09. The van der Waals surface area contributed by atoms with Crippen molar-refractivity contribution < 1.29 is 9.84 Å². The molecule has 15 heavy (non-hydrogen) atoms. The lowest BCUT2D eigenvalue weighted by atomic mass is 9.97. The average Bonchev–Trinajstić information content (AvgIpc) is 2.16. The SMILES string of the molecule is CC(C)C(C)OCCCCC(C)(N)CO. The van der Waals surface area contributed by atoms with E-state index in [0.717, 1.165) is 25.9 Å². The number of unbranched alkanes of at least 4 members (excludes halogenated alkanes) is 1. The molecular weight excluding hydrogens is 190 g/mol. The van der Waals surface area contributed by atoms with Crippen LogP contribution in [0.1, 0.15) is 47.0 Å². The third-order valence-corrected chi connectivity index (χ3v) is 2.82. The second-order valence-corrected chi connectivity index (χ2v) is 5.09. The summed E-state index contributed by atoms with van der Waals surface area (Å²) in [6.45, 7) is 9.15. The van der Waals surface area contributed by atoms with Gasteiger partial charge in [-0.3, -0.25) is 0 Å². The molecule has 0 fully saturated rings. The number of aliphatic hydroxyl groups excluding tert-OH is 1. The first kappa shape index (κ1) is 14.9. The Morgan fingerprint density at radius 3 is 2.33 bits per heavy atom. The number of hydrogen-bond acceptors (Lipinski definition) is 3. The van der Waals surface area contributed by atoms with Crippen molar-refractivity contribution in [2.75, 3.05) is 13.2 Å². The highest BCUT2D eigenvalue weighted by molar-refractivity contribution is 4.76. The van der Waals surface area contributed by atoms with E-state index in [2.05, 4.69) is 20.8 Å². The normalized spacial score (nSPS) is 17.8. The first-order chi connectivity index (χ1) is 6.89. The molecule has 0 bridgehead atoms. The number of aliphatic hydroxyl groups is 1. The van der Waals surface area contributed by atoms with E-state index in [1.807, 2.05) is 6.92 Å². The molecule has 0 spiro atoms. The highest BCUT2D eigenvalue weighted by Gasteiger charge is 2.15.